The minimum Gasteiger partial charge on any atom is -0.353 e. The molecular weight excluding hydrogens is 348 g/mol. The molecule has 26 heavy (non-hydrogen) atoms. The number of rotatable bonds is 5. The van der Waals surface area contributed by atoms with Gasteiger partial charge in [-0.05, 0) is 37.1 Å². The van der Waals surface area contributed by atoms with Crippen LogP contribution in [0.15, 0.2) is 42.5 Å². The molecule has 7 heteroatoms. The predicted molar refractivity (Wildman–Crippen MR) is 105 cm³/mol. The summed E-state index contributed by atoms with van der Waals surface area (Å²) in [7, 11) is -0.819. The van der Waals surface area contributed by atoms with Crippen molar-refractivity contribution in [3.8, 4) is 0 Å². The first kappa shape index (κ1) is 18.5. The van der Waals surface area contributed by atoms with Gasteiger partial charge in [0.25, 0.3) is 5.91 Å². The number of hydrogen-bond donors (Lipinski definition) is 1. The first-order valence-electron chi connectivity index (χ1n) is 8.91. The van der Waals surface area contributed by atoms with Gasteiger partial charge in [-0.25, -0.2) is 0 Å². The summed E-state index contributed by atoms with van der Waals surface area (Å²) in [5, 5.41) is 11.1. The van der Waals surface area contributed by atoms with Crippen molar-refractivity contribution in [3.05, 3.63) is 48.2 Å². The van der Waals surface area contributed by atoms with E-state index in [1.54, 1.807) is 6.07 Å². The third-order valence-corrected chi connectivity index (χ3v) is 7.26. The zero-order chi connectivity index (χ0) is 18.6. The highest BCUT2D eigenvalue weighted by Gasteiger charge is 2.39. The molecule has 1 aliphatic rings. The molecule has 0 aliphatic carbocycles. The van der Waals surface area contributed by atoms with Crippen LogP contribution in [-0.2, 0) is 10.8 Å². The highest BCUT2D eigenvalue weighted by atomic mass is 32.2. The molecule has 6 nitrogen and oxygen atoms in total. The Morgan fingerprint density at radius 2 is 1.88 bits per heavy atom. The molecule has 2 aromatic rings. The molecule has 1 N–H and O–H groups in total. The summed E-state index contributed by atoms with van der Waals surface area (Å²) in [6, 6.07) is 12.8. The van der Waals surface area contributed by atoms with Gasteiger partial charge in [0, 0.05) is 35.3 Å². The number of benzene rings is 1. The van der Waals surface area contributed by atoms with E-state index in [4.69, 9.17) is 0 Å². The number of carbonyl (C=O) groups is 1. The lowest BCUT2D eigenvalue weighted by molar-refractivity contribution is 0.102. The van der Waals surface area contributed by atoms with Crippen LogP contribution in [0, 0.1) is 0 Å². The van der Waals surface area contributed by atoms with Gasteiger partial charge >= 0.3 is 0 Å². The van der Waals surface area contributed by atoms with Gasteiger partial charge in [-0.15, -0.1) is 10.2 Å². The zero-order valence-corrected chi connectivity index (χ0v) is 16.0. The summed E-state index contributed by atoms with van der Waals surface area (Å²) in [6.45, 7) is 5.58. The molecule has 1 aromatic heterocycles. The molecule has 1 saturated heterocycles. The molecule has 1 fully saturated rings. The molecular formula is C19H24N4O2S. The van der Waals surface area contributed by atoms with Crippen LogP contribution >= 0.6 is 0 Å². The van der Waals surface area contributed by atoms with Crippen LogP contribution < -0.4 is 10.2 Å². The molecule has 1 unspecified atom stereocenters. The van der Waals surface area contributed by atoms with Crippen molar-refractivity contribution in [2.45, 2.75) is 31.4 Å². The van der Waals surface area contributed by atoms with Crippen molar-refractivity contribution in [2.24, 2.45) is 0 Å². The van der Waals surface area contributed by atoms with Gasteiger partial charge in [-0.1, -0.05) is 32.0 Å². The lowest BCUT2D eigenvalue weighted by Gasteiger charge is -2.41. The lowest BCUT2D eigenvalue weighted by atomic mass is 10.0. The number of nitrogens with zero attached hydrogens (tertiary/aromatic N) is 3. The summed E-state index contributed by atoms with van der Waals surface area (Å²) >= 11 is 0. The molecule has 1 aliphatic heterocycles. The van der Waals surface area contributed by atoms with Gasteiger partial charge in [0.05, 0.1) is 4.75 Å². The average Bonchev–Trinajstić information content (AvgIpc) is 2.69. The number of nitrogens with one attached hydrogen (secondary N) is 1. The molecule has 1 aromatic carbocycles. The Kier molecular flexibility index (Phi) is 5.66. The van der Waals surface area contributed by atoms with Gasteiger partial charge in [-0.3, -0.25) is 9.00 Å². The molecule has 138 valence electrons. The van der Waals surface area contributed by atoms with Crippen LogP contribution in [0.3, 0.4) is 0 Å². The van der Waals surface area contributed by atoms with Gasteiger partial charge in [0.15, 0.2) is 11.5 Å². The number of carbonyl (C=O) groups excluding carboxylic acids is 1. The van der Waals surface area contributed by atoms with Crippen LogP contribution in [0.2, 0.25) is 0 Å². The Bertz CT molecular complexity index is 776. The first-order valence-corrected chi connectivity index (χ1v) is 10.2. The molecule has 0 saturated carbocycles. The summed E-state index contributed by atoms with van der Waals surface area (Å²) in [6.07, 6.45) is 1.75. The highest BCUT2D eigenvalue weighted by Crippen LogP contribution is 2.30. The fourth-order valence-electron chi connectivity index (χ4n) is 3.23. The van der Waals surface area contributed by atoms with Gasteiger partial charge in [0.2, 0.25) is 0 Å². The third kappa shape index (κ3) is 3.77. The predicted octanol–water partition coefficient (Wildman–Crippen LogP) is 2.86. The minimum atomic E-state index is -0.819. The molecule has 3 rings (SSSR count). The van der Waals surface area contributed by atoms with Gasteiger partial charge in [-0.2, -0.15) is 0 Å². The zero-order valence-electron chi connectivity index (χ0n) is 15.1. The van der Waals surface area contributed by atoms with E-state index in [9.17, 15) is 9.00 Å². The minimum absolute atomic E-state index is 0.191. The standard InChI is InChI=1S/C19H24N4O2S/c1-3-19(4-2)14-23(12-13-26(19)25)17-11-10-16(21-22-17)18(24)20-15-8-6-5-7-9-15/h5-11H,3-4,12-14H2,1-2H3,(H,20,24). The van der Waals surface area contributed by atoms with Crippen molar-refractivity contribution in [1.82, 2.24) is 10.2 Å². The summed E-state index contributed by atoms with van der Waals surface area (Å²) in [5.41, 5.74) is 0.994. The van der Waals surface area contributed by atoms with Crippen LogP contribution in [-0.4, -0.2) is 43.9 Å². The van der Waals surface area contributed by atoms with E-state index in [2.05, 4.69) is 34.3 Å². The Morgan fingerprint density at radius 1 is 1.15 bits per heavy atom. The van der Waals surface area contributed by atoms with Gasteiger partial charge in [0.1, 0.15) is 0 Å². The van der Waals surface area contributed by atoms with Crippen LogP contribution in [0.1, 0.15) is 37.2 Å². The number of aromatic nitrogens is 2. The summed E-state index contributed by atoms with van der Waals surface area (Å²) in [4.78, 5) is 14.4. The topological polar surface area (TPSA) is 75.2 Å². The van der Waals surface area contributed by atoms with E-state index in [1.807, 2.05) is 36.4 Å². The van der Waals surface area contributed by atoms with E-state index in [1.165, 1.54) is 0 Å². The van der Waals surface area contributed by atoms with E-state index in [-0.39, 0.29) is 16.3 Å². The molecule has 0 spiro atoms. The summed E-state index contributed by atoms with van der Waals surface area (Å²) in [5.74, 6) is 1.08. The maximum atomic E-state index is 12.5. The Labute approximate surface area is 156 Å². The monoisotopic (exact) mass is 372 g/mol. The van der Waals surface area contributed by atoms with Crippen molar-refractivity contribution >= 4 is 28.2 Å². The number of anilines is 2. The quantitative estimate of drug-likeness (QED) is 0.873. The second kappa shape index (κ2) is 7.95. The van der Waals surface area contributed by atoms with Crippen molar-refractivity contribution in [1.29, 1.82) is 0 Å². The van der Waals surface area contributed by atoms with Crippen LogP contribution in [0.25, 0.3) is 0 Å². The largest absolute Gasteiger partial charge is 0.353 e. The number of amides is 1. The molecule has 0 bridgehead atoms. The molecule has 1 amide bonds. The molecule has 2 heterocycles. The van der Waals surface area contributed by atoms with Crippen molar-refractivity contribution in [2.75, 3.05) is 29.1 Å². The van der Waals surface area contributed by atoms with Crippen molar-refractivity contribution < 1.29 is 9.00 Å². The first-order chi connectivity index (χ1) is 12.6. The Hall–Kier alpha value is -2.28. The van der Waals surface area contributed by atoms with E-state index < -0.39 is 10.8 Å². The number of para-hydroxylation sites is 1. The fraction of sp³-hybridized carbons (Fsp3) is 0.421. The van der Waals surface area contributed by atoms with Crippen LogP contribution in [0.5, 0.6) is 0 Å². The average molecular weight is 372 g/mol. The summed E-state index contributed by atoms with van der Waals surface area (Å²) < 4.78 is 12.3. The normalized spacial score (nSPS) is 19.2. The maximum absolute atomic E-state index is 12.5. The number of hydrogen-bond acceptors (Lipinski definition) is 5. The molecule has 0 radical (unpaired) electrons. The lowest BCUT2D eigenvalue weighted by Crippen LogP contribution is -2.53. The smallest absolute Gasteiger partial charge is 0.276 e. The SMILES string of the molecule is CCC1(CC)CN(c2ccc(C(=O)Nc3ccccc3)nn2)CCS1=O. The maximum Gasteiger partial charge on any atom is 0.276 e. The Balaban J connectivity index is 1.71. The van der Waals surface area contributed by atoms with E-state index >= 15 is 0 Å². The van der Waals surface area contributed by atoms with Crippen LogP contribution in [0.4, 0.5) is 11.5 Å². The van der Waals surface area contributed by atoms with Gasteiger partial charge < -0.3 is 10.2 Å². The van der Waals surface area contributed by atoms with E-state index in [0.29, 0.717) is 18.8 Å². The second-order valence-corrected chi connectivity index (χ2v) is 8.42. The third-order valence-electron chi connectivity index (χ3n) is 5.04. The fourth-order valence-corrected chi connectivity index (χ4v) is 4.99. The Morgan fingerprint density at radius 3 is 2.50 bits per heavy atom. The second-order valence-electron chi connectivity index (χ2n) is 6.46. The molecule has 1 atom stereocenters. The highest BCUT2D eigenvalue weighted by molar-refractivity contribution is 7.86. The van der Waals surface area contributed by atoms with E-state index in [0.717, 1.165) is 24.3 Å². The van der Waals surface area contributed by atoms with Crippen molar-refractivity contribution in [3.63, 3.8) is 0 Å².